The lowest BCUT2D eigenvalue weighted by Crippen LogP contribution is -2.54. The molecule has 2 aromatic heterocycles. The van der Waals surface area contributed by atoms with E-state index < -0.39 is 29.7 Å². The Balaban J connectivity index is 0.908. The standard InChI is InChI=1S/C32H33N7O5/c40-21-14-37(15-21)27-3-1-2-25(34-27)24-16-38(36-29(24)18-4-5-18)20-10-17(11-20)13-33-19-6-7-22-23(12-19)32(44)39(31(22)43)26-8-9-28(41)35-30(26)42/h1-3,6-7,12,16-18,20-21,26,33,40H,4-5,8-11,13-15H2,(H,35,41,42)/t17-,20-,26?. The molecular weight excluding hydrogens is 562 g/mol. The van der Waals surface area contributed by atoms with Crippen LogP contribution in [0.2, 0.25) is 0 Å². The van der Waals surface area contributed by atoms with E-state index in [4.69, 9.17) is 10.1 Å². The van der Waals surface area contributed by atoms with Crippen LogP contribution in [0.1, 0.15) is 76.9 Å². The van der Waals surface area contributed by atoms with E-state index in [2.05, 4.69) is 26.4 Å². The molecule has 8 rings (SSSR count). The molecule has 1 aromatic carbocycles. The smallest absolute Gasteiger partial charge is 0.262 e. The van der Waals surface area contributed by atoms with Crippen LogP contribution in [-0.2, 0) is 9.59 Å². The number of amides is 4. The number of carbonyl (C=O) groups excluding carboxylic acids is 4. The van der Waals surface area contributed by atoms with Crippen molar-refractivity contribution in [3.8, 4) is 11.3 Å². The van der Waals surface area contributed by atoms with Gasteiger partial charge in [0, 0.05) is 49.4 Å². The number of aliphatic hydroxyl groups excluding tert-OH is 1. The largest absolute Gasteiger partial charge is 0.389 e. The fourth-order valence-corrected chi connectivity index (χ4v) is 6.77. The zero-order chi connectivity index (χ0) is 30.1. The normalized spacial score (nSPS) is 25.1. The highest BCUT2D eigenvalue weighted by Gasteiger charge is 2.44. The first-order valence-corrected chi connectivity index (χ1v) is 15.4. The van der Waals surface area contributed by atoms with Crippen LogP contribution < -0.4 is 15.5 Å². The van der Waals surface area contributed by atoms with Gasteiger partial charge >= 0.3 is 0 Å². The second-order valence-corrected chi connectivity index (χ2v) is 12.7. The van der Waals surface area contributed by atoms with E-state index in [0.29, 0.717) is 31.0 Å². The molecule has 5 heterocycles. The summed E-state index contributed by atoms with van der Waals surface area (Å²) < 4.78 is 2.12. The number of imide groups is 2. The average Bonchev–Trinajstić information content (AvgIpc) is 3.68. The summed E-state index contributed by atoms with van der Waals surface area (Å²) >= 11 is 0. The fourth-order valence-electron chi connectivity index (χ4n) is 6.77. The molecule has 0 radical (unpaired) electrons. The van der Waals surface area contributed by atoms with Gasteiger partial charge in [0.1, 0.15) is 11.9 Å². The van der Waals surface area contributed by atoms with E-state index in [1.165, 1.54) is 0 Å². The summed E-state index contributed by atoms with van der Waals surface area (Å²) in [7, 11) is 0. The summed E-state index contributed by atoms with van der Waals surface area (Å²) in [6.45, 7) is 1.95. The molecule has 4 fully saturated rings. The topological polar surface area (TPSA) is 150 Å². The molecule has 1 unspecified atom stereocenters. The summed E-state index contributed by atoms with van der Waals surface area (Å²) in [5.74, 6) is -0.204. The minimum atomic E-state index is -0.971. The fraction of sp³-hybridized carbons (Fsp3) is 0.438. The molecule has 2 aliphatic carbocycles. The Hall–Kier alpha value is -4.58. The SMILES string of the molecule is O=C1CCC(N2C(=O)c3ccc(NC[C@H]4C[C@H](n5cc(-c6cccc(N7CC(O)C7)n6)c(C6CC6)n5)C4)cc3C2=O)C(=O)N1. The van der Waals surface area contributed by atoms with Gasteiger partial charge in [-0.25, -0.2) is 4.98 Å². The maximum Gasteiger partial charge on any atom is 0.262 e. The Morgan fingerprint density at radius 2 is 1.75 bits per heavy atom. The van der Waals surface area contributed by atoms with Crippen molar-refractivity contribution < 1.29 is 24.3 Å². The van der Waals surface area contributed by atoms with Gasteiger partial charge in [0.2, 0.25) is 11.8 Å². The Labute approximate surface area is 253 Å². The zero-order valence-electron chi connectivity index (χ0n) is 24.1. The number of aliphatic hydroxyl groups is 1. The molecule has 1 atom stereocenters. The van der Waals surface area contributed by atoms with Crippen molar-refractivity contribution in [1.82, 2.24) is 25.0 Å². The van der Waals surface area contributed by atoms with Gasteiger partial charge in [0.25, 0.3) is 11.8 Å². The van der Waals surface area contributed by atoms with E-state index in [0.717, 1.165) is 65.6 Å². The number of piperidine rings is 1. The number of aromatic nitrogens is 3. The van der Waals surface area contributed by atoms with Crippen LogP contribution in [-0.4, -0.2) is 80.2 Å². The van der Waals surface area contributed by atoms with Crippen LogP contribution in [0.4, 0.5) is 11.5 Å². The number of rotatable bonds is 8. The van der Waals surface area contributed by atoms with Crippen LogP contribution >= 0.6 is 0 Å². The molecule has 0 spiro atoms. The van der Waals surface area contributed by atoms with Gasteiger partial charge in [-0.15, -0.1) is 0 Å². The summed E-state index contributed by atoms with van der Waals surface area (Å²) in [6.07, 6.45) is 6.35. The van der Waals surface area contributed by atoms with E-state index >= 15 is 0 Å². The van der Waals surface area contributed by atoms with E-state index in [-0.39, 0.29) is 30.1 Å². The summed E-state index contributed by atoms with van der Waals surface area (Å²) in [6, 6.07) is 10.5. The third-order valence-electron chi connectivity index (χ3n) is 9.54. The monoisotopic (exact) mass is 595 g/mol. The van der Waals surface area contributed by atoms with E-state index in [1.54, 1.807) is 18.2 Å². The molecule has 3 aliphatic heterocycles. The summed E-state index contributed by atoms with van der Waals surface area (Å²) in [5.41, 5.74) is 4.45. The van der Waals surface area contributed by atoms with E-state index in [1.807, 2.05) is 18.2 Å². The van der Waals surface area contributed by atoms with Gasteiger partial charge in [0.15, 0.2) is 0 Å². The predicted octanol–water partition coefficient (Wildman–Crippen LogP) is 2.47. The number of hydrogen-bond donors (Lipinski definition) is 3. The lowest BCUT2D eigenvalue weighted by molar-refractivity contribution is -0.136. The second-order valence-electron chi connectivity index (χ2n) is 12.7. The molecule has 12 heteroatoms. The number of carbonyl (C=O) groups is 4. The van der Waals surface area contributed by atoms with Crippen molar-refractivity contribution in [3.63, 3.8) is 0 Å². The van der Waals surface area contributed by atoms with E-state index in [9.17, 15) is 24.3 Å². The Bertz CT molecular complexity index is 1700. The maximum absolute atomic E-state index is 13.1. The lowest BCUT2D eigenvalue weighted by Gasteiger charge is -2.37. The number of anilines is 2. The Kier molecular flexibility index (Phi) is 6.30. The van der Waals surface area contributed by atoms with Gasteiger partial charge < -0.3 is 15.3 Å². The van der Waals surface area contributed by atoms with Gasteiger partial charge in [-0.3, -0.25) is 34.1 Å². The molecule has 5 aliphatic rings. The van der Waals surface area contributed by atoms with Crippen molar-refractivity contribution in [2.24, 2.45) is 5.92 Å². The highest BCUT2D eigenvalue weighted by molar-refractivity contribution is 6.23. The van der Waals surface area contributed by atoms with Crippen LogP contribution in [0.3, 0.4) is 0 Å². The molecule has 2 saturated heterocycles. The van der Waals surface area contributed by atoms with Crippen molar-refractivity contribution in [2.75, 3.05) is 29.9 Å². The maximum atomic E-state index is 13.1. The first-order valence-electron chi connectivity index (χ1n) is 15.4. The molecule has 0 bridgehead atoms. The number of hydrogen-bond acceptors (Lipinski definition) is 9. The van der Waals surface area contributed by atoms with Gasteiger partial charge in [-0.05, 0) is 68.4 Å². The quantitative estimate of drug-likeness (QED) is 0.334. The number of benzene rings is 1. The van der Waals surface area contributed by atoms with Crippen LogP contribution in [0.25, 0.3) is 11.3 Å². The number of β-amino-alcohol motifs (C(OH)–C–C–N with tert-alkyl or cyclic N) is 1. The minimum Gasteiger partial charge on any atom is -0.389 e. The Morgan fingerprint density at radius 1 is 0.955 bits per heavy atom. The van der Waals surface area contributed by atoms with Crippen LogP contribution in [0, 0.1) is 5.92 Å². The third-order valence-corrected chi connectivity index (χ3v) is 9.54. The molecule has 3 N–H and O–H groups in total. The molecule has 3 aromatic rings. The number of fused-ring (bicyclic) bond motifs is 1. The molecular formula is C32H33N7O5. The zero-order valence-corrected chi connectivity index (χ0v) is 24.1. The van der Waals surface area contributed by atoms with Crippen LogP contribution in [0.5, 0.6) is 0 Å². The minimum absolute atomic E-state index is 0.0926. The second kappa shape index (κ2) is 10.3. The van der Waals surface area contributed by atoms with Gasteiger partial charge in [0.05, 0.1) is 34.7 Å². The first-order chi connectivity index (χ1) is 21.3. The highest BCUT2D eigenvalue weighted by Crippen LogP contribution is 2.46. The molecule has 4 amide bonds. The Morgan fingerprint density at radius 3 is 2.50 bits per heavy atom. The number of nitrogens with zero attached hydrogens (tertiary/aromatic N) is 5. The third kappa shape index (κ3) is 4.64. The first kappa shape index (κ1) is 27.0. The highest BCUT2D eigenvalue weighted by atomic mass is 16.3. The van der Waals surface area contributed by atoms with Crippen molar-refractivity contribution in [1.29, 1.82) is 0 Å². The predicted molar refractivity (Wildman–Crippen MR) is 159 cm³/mol. The summed E-state index contributed by atoms with van der Waals surface area (Å²) in [5, 5.41) is 20.4. The van der Waals surface area contributed by atoms with Crippen molar-refractivity contribution in [3.05, 3.63) is 59.4 Å². The van der Waals surface area contributed by atoms with Gasteiger partial charge in [-0.1, -0.05) is 6.07 Å². The number of pyridine rings is 1. The van der Waals surface area contributed by atoms with Crippen molar-refractivity contribution >= 4 is 35.1 Å². The van der Waals surface area contributed by atoms with Crippen LogP contribution in [0.15, 0.2) is 42.6 Å². The lowest BCUT2D eigenvalue weighted by atomic mass is 9.80. The average molecular weight is 596 g/mol. The summed E-state index contributed by atoms with van der Waals surface area (Å²) in [4.78, 5) is 58.0. The molecule has 44 heavy (non-hydrogen) atoms. The molecule has 12 nitrogen and oxygen atoms in total. The number of nitrogens with one attached hydrogen (secondary N) is 2. The van der Waals surface area contributed by atoms with Crippen molar-refractivity contribution in [2.45, 2.75) is 62.6 Å². The van der Waals surface area contributed by atoms with Gasteiger partial charge in [-0.2, -0.15) is 5.10 Å². The molecule has 226 valence electrons. The molecule has 2 saturated carbocycles.